The van der Waals surface area contributed by atoms with Crippen LogP contribution in [0.15, 0.2) is 54.9 Å². The van der Waals surface area contributed by atoms with Crippen LogP contribution in [0.4, 0.5) is 26.1 Å². The van der Waals surface area contributed by atoms with E-state index in [1.54, 1.807) is 30.3 Å². The Morgan fingerprint density at radius 2 is 1.97 bits per heavy atom. The van der Waals surface area contributed by atoms with Crippen LogP contribution in [0.1, 0.15) is 43.7 Å². The van der Waals surface area contributed by atoms with Crippen molar-refractivity contribution in [2.24, 2.45) is 0 Å². The van der Waals surface area contributed by atoms with Gasteiger partial charge in [0.2, 0.25) is 0 Å². The van der Waals surface area contributed by atoms with Gasteiger partial charge in [-0.1, -0.05) is 35.9 Å². The molecule has 37 heavy (non-hydrogen) atoms. The van der Waals surface area contributed by atoms with E-state index in [2.05, 4.69) is 20.6 Å². The lowest BCUT2D eigenvalue weighted by atomic mass is 10.1. The maximum absolute atomic E-state index is 13.0. The number of alkyl halides is 2. The normalized spacial score (nSPS) is 14.5. The highest BCUT2D eigenvalue weighted by Gasteiger charge is 2.21. The van der Waals surface area contributed by atoms with Crippen molar-refractivity contribution < 1.29 is 18.3 Å². The van der Waals surface area contributed by atoms with E-state index in [9.17, 15) is 8.78 Å². The summed E-state index contributed by atoms with van der Waals surface area (Å²) in [5, 5.41) is 15.9. The number of benzene rings is 1. The molecule has 1 unspecified atom stereocenters. The number of ether oxygens (including phenoxy) is 2. The predicted molar refractivity (Wildman–Crippen MR) is 140 cm³/mol. The summed E-state index contributed by atoms with van der Waals surface area (Å²) >= 11 is 6.18. The Morgan fingerprint density at radius 1 is 1.16 bits per heavy atom. The summed E-state index contributed by atoms with van der Waals surface area (Å²) in [4.78, 5) is 8.57. The van der Waals surface area contributed by atoms with Gasteiger partial charge in [0.25, 0.3) is 0 Å². The second kappa shape index (κ2) is 12.4. The van der Waals surface area contributed by atoms with Crippen molar-refractivity contribution in [1.29, 1.82) is 5.26 Å². The Kier molecular flexibility index (Phi) is 8.75. The molecule has 1 atom stereocenters. The molecule has 0 amide bonds. The van der Waals surface area contributed by atoms with E-state index >= 15 is 0 Å². The van der Waals surface area contributed by atoms with Gasteiger partial charge in [-0.3, -0.25) is 0 Å². The first-order chi connectivity index (χ1) is 17.9. The second-order valence-electron chi connectivity index (χ2n) is 8.59. The zero-order valence-electron chi connectivity index (χ0n) is 20.1. The molecular weight excluding hydrogens is 500 g/mol. The third-order valence-corrected chi connectivity index (χ3v) is 5.96. The highest BCUT2D eigenvalue weighted by molar-refractivity contribution is 6.30. The van der Waals surface area contributed by atoms with Crippen molar-refractivity contribution in [3.05, 3.63) is 71.0 Å². The minimum atomic E-state index is -2.95. The zero-order valence-corrected chi connectivity index (χ0v) is 20.9. The van der Waals surface area contributed by atoms with E-state index in [0.29, 0.717) is 39.2 Å². The van der Waals surface area contributed by atoms with Crippen LogP contribution >= 0.6 is 11.6 Å². The van der Waals surface area contributed by atoms with Crippen LogP contribution in [0.25, 0.3) is 6.08 Å². The van der Waals surface area contributed by atoms with Gasteiger partial charge in [-0.2, -0.15) is 14.0 Å². The minimum absolute atomic E-state index is 0.0186. The monoisotopic (exact) mass is 525 g/mol. The molecule has 10 heteroatoms. The number of para-hydroxylation sites is 1. The van der Waals surface area contributed by atoms with Gasteiger partial charge in [-0.15, -0.1) is 0 Å². The summed E-state index contributed by atoms with van der Waals surface area (Å²) < 4.78 is 36.9. The Bertz CT molecular complexity index is 1270. The van der Waals surface area contributed by atoms with Crippen LogP contribution in [0.5, 0.6) is 11.5 Å². The van der Waals surface area contributed by atoms with E-state index in [1.165, 1.54) is 18.5 Å². The number of pyridine rings is 2. The van der Waals surface area contributed by atoms with Crippen molar-refractivity contribution in [2.45, 2.75) is 51.4 Å². The fraction of sp³-hybridized carbons (Fsp3) is 0.296. The van der Waals surface area contributed by atoms with Crippen molar-refractivity contribution in [3.63, 3.8) is 0 Å². The number of anilines is 3. The summed E-state index contributed by atoms with van der Waals surface area (Å²) in [6.45, 7) is -1.02. The summed E-state index contributed by atoms with van der Waals surface area (Å²) in [7, 11) is 0. The first-order valence-electron chi connectivity index (χ1n) is 11.9. The molecule has 192 valence electrons. The van der Waals surface area contributed by atoms with Crippen molar-refractivity contribution >= 4 is 35.0 Å². The Hall–Kier alpha value is -3.90. The highest BCUT2D eigenvalue weighted by atomic mass is 35.5. The average Bonchev–Trinajstić information content (AvgIpc) is 3.39. The van der Waals surface area contributed by atoms with Gasteiger partial charge in [-0.25, -0.2) is 9.97 Å². The molecule has 2 N–H and O–H groups in total. The lowest BCUT2D eigenvalue weighted by molar-refractivity contribution is -0.0520. The summed E-state index contributed by atoms with van der Waals surface area (Å²) in [5.41, 5.74) is 1.72. The number of rotatable bonds is 10. The summed E-state index contributed by atoms with van der Waals surface area (Å²) in [5.74, 6) is 1.35. The van der Waals surface area contributed by atoms with Gasteiger partial charge in [0.15, 0.2) is 17.3 Å². The first-order valence-corrected chi connectivity index (χ1v) is 12.3. The maximum atomic E-state index is 13.0. The summed E-state index contributed by atoms with van der Waals surface area (Å²) in [6, 6.07) is 11.8. The number of nitrogens with zero attached hydrogens (tertiary/aromatic N) is 3. The quantitative estimate of drug-likeness (QED) is 0.289. The molecule has 0 saturated heterocycles. The topological polar surface area (TPSA) is 92.1 Å². The van der Waals surface area contributed by atoms with Crippen LogP contribution in [0, 0.1) is 11.3 Å². The van der Waals surface area contributed by atoms with Gasteiger partial charge in [0.05, 0.1) is 22.4 Å². The van der Waals surface area contributed by atoms with Crippen LogP contribution in [0.3, 0.4) is 0 Å². The third kappa shape index (κ3) is 7.30. The largest absolute Gasteiger partial charge is 0.486 e. The van der Waals surface area contributed by atoms with Gasteiger partial charge >= 0.3 is 6.61 Å². The lowest BCUT2D eigenvalue weighted by Crippen LogP contribution is -2.15. The number of hydrogen-bond acceptors (Lipinski definition) is 7. The third-order valence-electron chi connectivity index (χ3n) is 5.75. The Labute approximate surface area is 219 Å². The molecule has 1 aliphatic carbocycles. The predicted octanol–water partition coefficient (Wildman–Crippen LogP) is 7.18. The number of nitriles is 1. The van der Waals surface area contributed by atoms with Crippen LogP contribution in [-0.2, 0) is 0 Å². The lowest BCUT2D eigenvalue weighted by Gasteiger charge is -2.19. The molecule has 7 nitrogen and oxygen atoms in total. The summed E-state index contributed by atoms with van der Waals surface area (Å²) in [6.07, 6.45) is 10.5. The molecule has 3 aromatic rings. The molecule has 4 rings (SSSR count). The molecule has 1 fully saturated rings. The number of hydrogen-bond donors (Lipinski definition) is 2. The number of aromatic nitrogens is 2. The standard InChI is InChI=1S/C27H26ClF2N5O2/c1-17(34-22-13-20(28)16-33-26(22)35-24-12-10-18(14-31)15-32-24)9-11-19-5-4-8-23(37-27(29)30)25(19)36-21-6-2-3-7-21/h4-5,8-13,15-17,21,27,34H,2-3,6-7H2,1H3,(H,32,33,35)/b11-9+. The van der Waals surface area contributed by atoms with Gasteiger partial charge < -0.3 is 20.1 Å². The van der Waals surface area contributed by atoms with Crippen LogP contribution in [0.2, 0.25) is 5.02 Å². The minimum Gasteiger partial charge on any atom is -0.486 e. The SMILES string of the molecule is CC(/C=C/c1cccc(OC(F)F)c1OC1CCCC1)Nc1cc(Cl)cnc1Nc1ccc(C#N)cn1. The van der Waals surface area contributed by atoms with Crippen molar-refractivity contribution in [3.8, 4) is 17.6 Å². The van der Waals surface area contributed by atoms with E-state index in [-0.39, 0.29) is 17.9 Å². The van der Waals surface area contributed by atoms with Crippen LogP contribution in [-0.4, -0.2) is 28.7 Å². The van der Waals surface area contributed by atoms with E-state index in [1.807, 2.05) is 25.1 Å². The molecule has 0 spiro atoms. The van der Waals surface area contributed by atoms with E-state index in [0.717, 1.165) is 25.7 Å². The molecule has 1 saturated carbocycles. The first kappa shape index (κ1) is 26.2. The van der Waals surface area contributed by atoms with Crippen LogP contribution < -0.4 is 20.1 Å². The molecule has 0 radical (unpaired) electrons. The smallest absolute Gasteiger partial charge is 0.387 e. The number of halogens is 3. The fourth-order valence-corrected chi connectivity index (χ4v) is 4.16. The van der Waals surface area contributed by atoms with Crippen molar-refractivity contribution in [1.82, 2.24) is 9.97 Å². The molecule has 2 aromatic heterocycles. The average molecular weight is 526 g/mol. The van der Waals surface area contributed by atoms with E-state index in [4.69, 9.17) is 26.3 Å². The van der Waals surface area contributed by atoms with Crippen molar-refractivity contribution in [2.75, 3.05) is 10.6 Å². The fourth-order valence-electron chi connectivity index (χ4n) is 4.00. The maximum Gasteiger partial charge on any atom is 0.387 e. The Balaban J connectivity index is 1.52. The molecule has 0 aliphatic heterocycles. The molecule has 2 heterocycles. The zero-order chi connectivity index (χ0) is 26.2. The molecule has 1 aromatic carbocycles. The molecular formula is C27H26ClF2N5O2. The highest BCUT2D eigenvalue weighted by Crippen LogP contribution is 2.37. The van der Waals surface area contributed by atoms with Gasteiger partial charge in [0.1, 0.15) is 11.9 Å². The number of nitrogens with one attached hydrogen (secondary N) is 2. The van der Waals surface area contributed by atoms with E-state index < -0.39 is 6.61 Å². The molecule has 1 aliphatic rings. The molecule has 0 bridgehead atoms. The van der Waals surface area contributed by atoms with Gasteiger partial charge in [0, 0.05) is 24.0 Å². The van der Waals surface area contributed by atoms with Gasteiger partial charge in [-0.05, 0) is 56.9 Å². The second-order valence-corrected chi connectivity index (χ2v) is 9.02. The Morgan fingerprint density at radius 3 is 2.68 bits per heavy atom.